The van der Waals surface area contributed by atoms with Crippen LogP contribution >= 0.6 is 0 Å². The molecule has 0 bridgehead atoms. The normalized spacial score (nSPS) is 11.0. The van der Waals surface area contributed by atoms with Crippen LogP contribution in [0.3, 0.4) is 0 Å². The molecule has 0 saturated heterocycles. The van der Waals surface area contributed by atoms with E-state index in [2.05, 4.69) is 10.6 Å². The fourth-order valence-corrected chi connectivity index (χ4v) is 1.79. The van der Waals surface area contributed by atoms with E-state index in [1.807, 2.05) is 5.32 Å². The topological polar surface area (TPSA) is 123 Å². The molecule has 25 heavy (non-hydrogen) atoms. The number of amides is 4. The lowest BCUT2D eigenvalue weighted by Crippen LogP contribution is -2.43. The van der Waals surface area contributed by atoms with Gasteiger partial charge in [-0.25, -0.2) is 4.79 Å². The van der Waals surface area contributed by atoms with Crippen LogP contribution in [-0.4, -0.2) is 50.6 Å². The Morgan fingerprint density at radius 3 is 2.48 bits per heavy atom. The van der Waals surface area contributed by atoms with Crippen LogP contribution in [0.5, 0.6) is 5.75 Å². The Bertz CT molecular complexity index is 647. The second-order valence-corrected chi connectivity index (χ2v) is 4.91. The summed E-state index contributed by atoms with van der Waals surface area (Å²) in [6.45, 7) is 1.36. The summed E-state index contributed by atoms with van der Waals surface area (Å²) in [5, 5.41) is 6.76. The summed E-state index contributed by atoms with van der Waals surface area (Å²) in [5.41, 5.74) is 0.344. The molecule has 0 aliphatic rings. The highest BCUT2D eigenvalue weighted by Gasteiger charge is 2.19. The number of carbonyl (C=O) groups excluding carboxylic acids is 4. The third-order valence-corrected chi connectivity index (χ3v) is 3.11. The molecule has 0 spiro atoms. The number of benzene rings is 1. The molecule has 0 saturated carbocycles. The fourth-order valence-electron chi connectivity index (χ4n) is 1.79. The summed E-state index contributed by atoms with van der Waals surface area (Å²) >= 11 is 0. The van der Waals surface area contributed by atoms with Crippen LogP contribution in [0.4, 0.5) is 4.79 Å². The van der Waals surface area contributed by atoms with Gasteiger partial charge in [-0.15, -0.1) is 0 Å². The van der Waals surface area contributed by atoms with Crippen LogP contribution in [0.15, 0.2) is 24.3 Å². The first-order valence-electron chi connectivity index (χ1n) is 7.52. The number of urea groups is 1. The van der Waals surface area contributed by atoms with Crippen molar-refractivity contribution < 1.29 is 28.7 Å². The molecular formula is C16H21N3O6. The maximum absolute atomic E-state index is 12.0. The zero-order valence-corrected chi connectivity index (χ0v) is 14.3. The van der Waals surface area contributed by atoms with Gasteiger partial charge in [-0.1, -0.05) is 12.1 Å². The number of nitrogens with one attached hydrogen (secondary N) is 3. The highest BCUT2D eigenvalue weighted by Crippen LogP contribution is 2.16. The number of methoxy groups -OCH3 is 1. The average molecular weight is 351 g/mol. The molecule has 1 aromatic rings. The third-order valence-electron chi connectivity index (χ3n) is 3.11. The fraction of sp³-hybridized carbons (Fsp3) is 0.375. The van der Waals surface area contributed by atoms with E-state index in [1.54, 1.807) is 24.3 Å². The SMILES string of the molecule is CNC(=O)NC(=O)[C@@H](C)OC(=O)CCNC(=O)c1ccccc1OC. The van der Waals surface area contributed by atoms with Gasteiger partial charge in [0.15, 0.2) is 6.10 Å². The van der Waals surface area contributed by atoms with Crippen LogP contribution in [0, 0.1) is 0 Å². The lowest BCUT2D eigenvalue weighted by Gasteiger charge is -2.13. The molecule has 0 aromatic heterocycles. The van der Waals surface area contributed by atoms with E-state index in [0.717, 1.165) is 0 Å². The van der Waals surface area contributed by atoms with Crippen LogP contribution in [0.2, 0.25) is 0 Å². The van der Waals surface area contributed by atoms with Gasteiger partial charge in [-0.2, -0.15) is 0 Å². The lowest BCUT2D eigenvalue weighted by molar-refractivity contribution is -0.154. The van der Waals surface area contributed by atoms with Crippen molar-refractivity contribution in [3.63, 3.8) is 0 Å². The summed E-state index contributed by atoms with van der Waals surface area (Å²) in [6, 6.07) is 5.97. The molecule has 0 fully saturated rings. The van der Waals surface area contributed by atoms with Crippen molar-refractivity contribution in [2.24, 2.45) is 0 Å². The second-order valence-electron chi connectivity index (χ2n) is 4.91. The number of hydrogen-bond donors (Lipinski definition) is 3. The molecule has 1 atom stereocenters. The lowest BCUT2D eigenvalue weighted by atomic mass is 10.2. The minimum absolute atomic E-state index is 0.0273. The predicted molar refractivity (Wildman–Crippen MR) is 88.1 cm³/mol. The Morgan fingerprint density at radius 1 is 1.16 bits per heavy atom. The molecular weight excluding hydrogens is 330 g/mol. The number of imide groups is 1. The van der Waals surface area contributed by atoms with Crippen molar-refractivity contribution in [3.05, 3.63) is 29.8 Å². The van der Waals surface area contributed by atoms with Gasteiger partial charge in [-0.05, 0) is 19.1 Å². The number of esters is 1. The zero-order valence-electron chi connectivity index (χ0n) is 14.3. The van der Waals surface area contributed by atoms with Crippen molar-refractivity contribution in [2.75, 3.05) is 20.7 Å². The molecule has 1 aromatic carbocycles. The summed E-state index contributed by atoms with van der Waals surface area (Å²) in [6.07, 6.45) is -1.26. The minimum atomic E-state index is -1.13. The average Bonchev–Trinajstić information content (AvgIpc) is 2.61. The Balaban J connectivity index is 2.40. The van der Waals surface area contributed by atoms with E-state index >= 15 is 0 Å². The summed E-state index contributed by atoms with van der Waals surface area (Å²) in [5.74, 6) is -1.40. The number of carbonyl (C=O) groups is 4. The smallest absolute Gasteiger partial charge is 0.321 e. The van der Waals surface area contributed by atoms with Gasteiger partial charge in [0, 0.05) is 13.6 Å². The molecule has 136 valence electrons. The van der Waals surface area contributed by atoms with E-state index in [0.29, 0.717) is 11.3 Å². The molecule has 9 heteroatoms. The van der Waals surface area contributed by atoms with Crippen LogP contribution in [-0.2, 0) is 14.3 Å². The van der Waals surface area contributed by atoms with E-state index in [1.165, 1.54) is 21.1 Å². The number of rotatable bonds is 7. The third kappa shape index (κ3) is 6.50. The maximum atomic E-state index is 12.0. The van der Waals surface area contributed by atoms with Crippen molar-refractivity contribution in [2.45, 2.75) is 19.4 Å². The molecule has 0 aliphatic carbocycles. The molecule has 0 unspecified atom stereocenters. The Labute approximate surface area is 145 Å². The molecule has 0 aliphatic heterocycles. The standard InChI is InChI=1S/C16H21N3O6/c1-10(14(21)19-16(23)17-2)25-13(20)8-9-18-15(22)11-6-4-5-7-12(11)24-3/h4-7,10H,8-9H2,1-3H3,(H,18,22)(H2,17,19,21,23)/t10-/m1/s1. The highest BCUT2D eigenvalue weighted by atomic mass is 16.5. The minimum Gasteiger partial charge on any atom is -0.496 e. The van der Waals surface area contributed by atoms with E-state index in [4.69, 9.17) is 9.47 Å². The molecule has 0 radical (unpaired) electrons. The molecule has 3 N–H and O–H groups in total. The number of hydrogen-bond acceptors (Lipinski definition) is 6. The van der Waals surface area contributed by atoms with Gasteiger partial charge in [0.2, 0.25) is 0 Å². The van der Waals surface area contributed by atoms with Crippen molar-refractivity contribution >= 4 is 23.8 Å². The molecule has 9 nitrogen and oxygen atoms in total. The zero-order chi connectivity index (χ0) is 18.8. The van der Waals surface area contributed by atoms with Crippen LogP contribution in [0.25, 0.3) is 0 Å². The summed E-state index contributed by atoms with van der Waals surface area (Å²) < 4.78 is 9.97. The monoisotopic (exact) mass is 351 g/mol. The van der Waals surface area contributed by atoms with Gasteiger partial charge >= 0.3 is 12.0 Å². The molecule has 1 rings (SSSR count). The van der Waals surface area contributed by atoms with E-state index in [9.17, 15) is 19.2 Å². The highest BCUT2D eigenvalue weighted by molar-refractivity contribution is 5.97. The van der Waals surface area contributed by atoms with Gasteiger partial charge < -0.3 is 20.1 Å². The molecule has 4 amide bonds. The van der Waals surface area contributed by atoms with Gasteiger partial charge in [0.05, 0.1) is 19.1 Å². The summed E-state index contributed by atoms with van der Waals surface area (Å²) in [4.78, 5) is 46.3. The first-order valence-corrected chi connectivity index (χ1v) is 7.52. The Hall–Kier alpha value is -3.10. The maximum Gasteiger partial charge on any atom is 0.321 e. The summed E-state index contributed by atoms with van der Waals surface area (Å²) in [7, 11) is 2.80. The van der Waals surface area contributed by atoms with Gasteiger partial charge in [-0.3, -0.25) is 19.7 Å². The van der Waals surface area contributed by atoms with Crippen LogP contribution in [0.1, 0.15) is 23.7 Å². The van der Waals surface area contributed by atoms with Gasteiger partial charge in [0.25, 0.3) is 11.8 Å². The van der Waals surface area contributed by atoms with Gasteiger partial charge in [0.1, 0.15) is 5.75 Å². The second kappa shape index (κ2) is 9.91. The number of para-hydroxylation sites is 1. The predicted octanol–water partition coefficient (Wildman–Crippen LogP) is 0.202. The number of ether oxygens (including phenoxy) is 2. The largest absolute Gasteiger partial charge is 0.496 e. The van der Waals surface area contributed by atoms with Crippen molar-refractivity contribution in [1.82, 2.24) is 16.0 Å². The molecule has 0 heterocycles. The first-order chi connectivity index (χ1) is 11.9. The van der Waals surface area contributed by atoms with Crippen molar-refractivity contribution in [1.29, 1.82) is 0 Å². The Morgan fingerprint density at radius 2 is 1.84 bits per heavy atom. The Kier molecular flexibility index (Phi) is 7.91. The van der Waals surface area contributed by atoms with Crippen molar-refractivity contribution in [3.8, 4) is 5.75 Å². The first kappa shape index (κ1) is 19.9. The van der Waals surface area contributed by atoms with E-state index < -0.39 is 29.9 Å². The van der Waals surface area contributed by atoms with E-state index in [-0.39, 0.29) is 13.0 Å². The van der Waals surface area contributed by atoms with Crippen LogP contribution < -0.4 is 20.7 Å². The quantitative estimate of drug-likeness (QED) is 0.603.